The van der Waals surface area contributed by atoms with E-state index < -0.39 is 6.10 Å². The first-order chi connectivity index (χ1) is 6.72. The predicted molar refractivity (Wildman–Crippen MR) is 48.3 cm³/mol. The molecule has 0 saturated heterocycles. The quantitative estimate of drug-likeness (QED) is 0.713. The van der Waals surface area contributed by atoms with E-state index in [1.54, 1.807) is 29.7 Å². The molecule has 0 bridgehead atoms. The molecule has 0 amide bonds. The Labute approximate surface area is 80.2 Å². The minimum absolute atomic E-state index is 0.442. The van der Waals surface area contributed by atoms with Crippen molar-refractivity contribution in [3.05, 3.63) is 29.7 Å². The second kappa shape index (κ2) is 3.09. The number of aliphatic hydroxyl groups excluding tert-OH is 1. The first-order valence-electron chi connectivity index (χ1n) is 4.15. The van der Waals surface area contributed by atoms with Gasteiger partial charge in [0.25, 0.3) is 0 Å². The van der Waals surface area contributed by atoms with Gasteiger partial charge in [-0.2, -0.15) is 5.26 Å². The number of fused-ring (bicyclic) bond motifs is 1. The van der Waals surface area contributed by atoms with E-state index in [-0.39, 0.29) is 0 Å². The first-order valence-corrected chi connectivity index (χ1v) is 4.15. The normalized spacial score (nSPS) is 12.6. The highest BCUT2D eigenvalue weighted by Gasteiger charge is 2.10. The van der Waals surface area contributed by atoms with E-state index in [1.165, 1.54) is 0 Å². The molecule has 5 nitrogen and oxygen atoms in total. The van der Waals surface area contributed by atoms with Crippen molar-refractivity contribution >= 4 is 5.65 Å². The van der Waals surface area contributed by atoms with Gasteiger partial charge >= 0.3 is 0 Å². The summed E-state index contributed by atoms with van der Waals surface area (Å²) < 4.78 is 1.61. The van der Waals surface area contributed by atoms with Crippen molar-refractivity contribution in [2.75, 3.05) is 0 Å². The average molecular weight is 188 g/mol. The Bertz CT molecular complexity index is 509. The molecule has 0 aliphatic heterocycles. The number of nitrogens with zero attached hydrogens (tertiary/aromatic N) is 4. The first kappa shape index (κ1) is 8.66. The monoisotopic (exact) mass is 188 g/mol. The summed E-state index contributed by atoms with van der Waals surface area (Å²) in [5.41, 5.74) is 1.14. The average Bonchev–Trinajstić information content (AvgIpc) is 2.59. The molecule has 1 atom stereocenters. The van der Waals surface area contributed by atoms with Gasteiger partial charge in [-0.15, -0.1) is 10.2 Å². The fourth-order valence-electron chi connectivity index (χ4n) is 1.26. The molecule has 2 heterocycles. The van der Waals surface area contributed by atoms with Crippen LogP contribution in [-0.2, 0) is 0 Å². The highest BCUT2D eigenvalue weighted by atomic mass is 16.3. The minimum atomic E-state index is -0.695. The van der Waals surface area contributed by atoms with Gasteiger partial charge in [-0.05, 0) is 19.1 Å². The molecule has 1 N–H and O–H groups in total. The van der Waals surface area contributed by atoms with E-state index in [9.17, 15) is 5.11 Å². The van der Waals surface area contributed by atoms with Crippen LogP contribution in [0.2, 0.25) is 0 Å². The van der Waals surface area contributed by atoms with Gasteiger partial charge in [0.05, 0.1) is 5.56 Å². The molecule has 0 radical (unpaired) electrons. The van der Waals surface area contributed by atoms with Gasteiger partial charge in [0.15, 0.2) is 11.5 Å². The Balaban J connectivity index is 2.71. The predicted octanol–water partition coefficient (Wildman–Crippen LogP) is 0.654. The Kier molecular flexibility index (Phi) is 1.91. The number of pyridine rings is 1. The van der Waals surface area contributed by atoms with Crippen molar-refractivity contribution in [1.29, 1.82) is 5.26 Å². The van der Waals surface area contributed by atoms with Crippen molar-refractivity contribution in [3.8, 4) is 6.07 Å². The third-order valence-electron chi connectivity index (χ3n) is 1.93. The lowest BCUT2D eigenvalue weighted by atomic mass is 10.3. The summed E-state index contributed by atoms with van der Waals surface area (Å²) in [5.74, 6) is 0.442. The molecule has 14 heavy (non-hydrogen) atoms. The SMILES string of the molecule is C[C@H](O)c1nnc2ccc(C#N)cn12. The van der Waals surface area contributed by atoms with Crippen LogP contribution in [0.25, 0.3) is 5.65 Å². The van der Waals surface area contributed by atoms with Crippen LogP contribution < -0.4 is 0 Å². The summed E-state index contributed by atoms with van der Waals surface area (Å²) in [7, 11) is 0. The third kappa shape index (κ3) is 1.22. The van der Waals surface area contributed by atoms with E-state index >= 15 is 0 Å². The molecule has 0 saturated carbocycles. The van der Waals surface area contributed by atoms with Gasteiger partial charge in [0.2, 0.25) is 0 Å². The lowest BCUT2D eigenvalue weighted by Crippen LogP contribution is -1.99. The summed E-state index contributed by atoms with van der Waals surface area (Å²) in [5, 5.41) is 25.7. The smallest absolute Gasteiger partial charge is 0.166 e. The van der Waals surface area contributed by atoms with E-state index in [1.807, 2.05) is 6.07 Å². The zero-order valence-corrected chi connectivity index (χ0v) is 7.55. The second-order valence-corrected chi connectivity index (χ2v) is 2.99. The number of nitriles is 1. The summed E-state index contributed by atoms with van der Waals surface area (Å²) in [6.45, 7) is 1.61. The van der Waals surface area contributed by atoms with Crippen LogP contribution >= 0.6 is 0 Å². The fourth-order valence-corrected chi connectivity index (χ4v) is 1.26. The molecule has 0 fully saturated rings. The van der Waals surface area contributed by atoms with E-state index in [0.29, 0.717) is 17.0 Å². The Morgan fingerprint density at radius 2 is 2.29 bits per heavy atom. The Hall–Kier alpha value is -1.93. The van der Waals surface area contributed by atoms with Crippen LogP contribution in [-0.4, -0.2) is 19.7 Å². The number of hydrogen-bond acceptors (Lipinski definition) is 4. The molecule has 5 heteroatoms. The van der Waals surface area contributed by atoms with Crippen LogP contribution in [0.1, 0.15) is 24.4 Å². The minimum Gasteiger partial charge on any atom is -0.385 e. The van der Waals surface area contributed by atoms with Crippen LogP contribution in [0.5, 0.6) is 0 Å². The van der Waals surface area contributed by atoms with Gasteiger partial charge < -0.3 is 5.11 Å². The number of hydrogen-bond donors (Lipinski definition) is 1. The summed E-state index contributed by atoms with van der Waals surface area (Å²) in [4.78, 5) is 0. The maximum Gasteiger partial charge on any atom is 0.166 e. The van der Waals surface area contributed by atoms with Crippen molar-refractivity contribution in [1.82, 2.24) is 14.6 Å². The van der Waals surface area contributed by atoms with E-state index in [4.69, 9.17) is 5.26 Å². The molecule has 2 aromatic rings. The van der Waals surface area contributed by atoms with Gasteiger partial charge in [0, 0.05) is 6.20 Å². The van der Waals surface area contributed by atoms with Crippen molar-refractivity contribution in [3.63, 3.8) is 0 Å². The van der Waals surface area contributed by atoms with E-state index in [2.05, 4.69) is 10.2 Å². The summed E-state index contributed by atoms with van der Waals surface area (Å²) >= 11 is 0. The van der Waals surface area contributed by atoms with Gasteiger partial charge in [-0.25, -0.2) is 0 Å². The molecule has 2 aromatic heterocycles. The Morgan fingerprint density at radius 1 is 1.50 bits per heavy atom. The molecular formula is C9H8N4O. The van der Waals surface area contributed by atoms with Crippen molar-refractivity contribution in [2.24, 2.45) is 0 Å². The molecule has 0 aliphatic rings. The van der Waals surface area contributed by atoms with Crippen LogP contribution in [0.3, 0.4) is 0 Å². The fraction of sp³-hybridized carbons (Fsp3) is 0.222. The lowest BCUT2D eigenvalue weighted by Gasteiger charge is -2.01. The van der Waals surface area contributed by atoms with Crippen molar-refractivity contribution in [2.45, 2.75) is 13.0 Å². The molecule has 70 valence electrons. The zero-order chi connectivity index (χ0) is 10.1. The van der Waals surface area contributed by atoms with E-state index in [0.717, 1.165) is 0 Å². The van der Waals surface area contributed by atoms with Gasteiger partial charge in [0.1, 0.15) is 12.2 Å². The molecule has 0 aromatic carbocycles. The lowest BCUT2D eigenvalue weighted by molar-refractivity contribution is 0.187. The zero-order valence-electron chi connectivity index (χ0n) is 7.55. The molecule has 0 unspecified atom stereocenters. The van der Waals surface area contributed by atoms with Crippen LogP contribution in [0.4, 0.5) is 0 Å². The van der Waals surface area contributed by atoms with Crippen molar-refractivity contribution < 1.29 is 5.11 Å². The standard InChI is InChI=1S/C9H8N4O/c1-6(14)9-12-11-8-3-2-7(4-10)5-13(8)9/h2-3,5-6,14H,1H3/t6-/m0/s1. The maximum atomic E-state index is 9.37. The topological polar surface area (TPSA) is 74.2 Å². The van der Waals surface area contributed by atoms with Gasteiger partial charge in [-0.1, -0.05) is 0 Å². The number of aliphatic hydroxyl groups is 1. The summed E-state index contributed by atoms with van der Waals surface area (Å²) in [6.07, 6.45) is 0.913. The maximum absolute atomic E-state index is 9.37. The largest absolute Gasteiger partial charge is 0.385 e. The third-order valence-corrected chi connectivity index (χ3v) is 1.93. The number of aromatic nitrogens is 3. The molecule has 0 aliphatic carbocycles. The highest BCUT2D eigenvalue weighted by molar-refractivity contribution is 5.42. The highest BCUT2D eigenvalue weighted by Crippen LogP contribution is 2.12. The molecule has 2 rings (SSSR count). The second-order valence-electron chi connectivity index (χ2n) is 2.99. The summed E-state index contributed by atoms with van der Waals surface area (Å²) in [6, 6.07) is 5.37. The molecule has 0 spiro atoms. The van der Waals surface area contributed by atoms with Crippen LogP contribution in [0, 0.1) is 11.3 Å². The number of rotatable bonds is 1. The van der Waals surface area contributed by atoms with Gasteiger partial charge in [-0.3, -0.25) is 4.40 Å². The Morgan fingerprint density at radius 3 is 2.93 bits per heavy atom. The molecular weight excluding hydrogens is 180 g/mol. The van der Waals surface area contributed by atoms with Crippen LogP contribution in [0.15, 0.2) is 18.3 Å².